The summed E-state index contributed by atoms with van der Waals surface area (Å²) in [6.07, 6.45) is -0.667. The van der Waals surface area contributed by atoms with Crippen molar-refractivity contribution in [2.24, 2.45) is 0 Å². The van der Waals surface area contributed by atoms with E-state index in [1.54, 1.807) is 0 Å². The highest BCUT2D eigenvalue weighted by atomic mass is 28.4. The average Bonchev–Trinajstić information content (AvgIpc) is 3.30. The van der Waals surface area contributed by atoms with Crippen molar-refractivity contribution in [1.82, 2.24) is 5.32 Å². The number of nitrogens with one attached hydrogen (secondary N) is 1. The SMILES string of the molecule is C=CC[C@@]1(CO[Si](C)(C)C(C)(C)C)C[C@H](OCOCc2ccccc2)[C@@H](NC(C)=O)[C@H]([C@H](OCOCc2ccccc2)[C@@H](COCOCc2ccccc2)OCOCc2ccccc2)O1. The molecule has 6 atom stereocenters. The number of carbonyl (C=O) groups excluding carboxylic acids is 1. The Morgan fingerprint density at radius 1 is 0.723 bits per heavy atom. The molecule has 65 heavy (non-hydrogen) atoms. The van der Waals surface area contributed by atoms with E-state index in [0.29, 0.717) is 39.3 Å². The summed E-state index contributed by atoms with van der Waals surface area (Å²) < 4.78 is 64.9. The van der Waals surface area contributed by atoms with Crippen molar-refractivity contribution in [3.05, 3.63) is 156 Å². The Labute approximate surface area is 387 Å². The summed E-state index contributed by atoms with van der Waals surface area (Å²) in [6, 6.07) is 38.7. The first-order chi connectivity index (χ1) is 31.4. The number of amides is 1. The molecule has 1 amide bonds. The van der Waals surface area contributed by atoms with Crippen molar-refractivity contribution < 1.29 is 51.9 Å². The molecule has 0 radical (unpaired) electrons. The molecule has 0 saturated carbocycles. The van der Waals surface area contributed by atoms with Gasteiger partial charge in [0.2, 0.25) is 5.91 Å². The van der Waals surface area contributed by atoms with Gasteiger partial charge in [0, 0.05) is 13.3 Å². The minimum Gasteiger partial charge on any atom is -0.414 e. The first kappa shape index (κ1) is 51.9. The van der Waals surface area contributed by atoms with Gasteiger partial charge in [0.25, 0.3) is 0 Å². The van der Waals surface area contributed by atoms with Gasteiger partial charge < -0.3 is 52.4 Å². The second kappa shape index (κ2) is 26.9. The van der Waals surface area contributed by atoms with E-state index < -0.39 is 44.4 Å². The zero-order chi connectivity index (χ0) is 46.4. The summed E-state index contributed by atoms with van der Waals surface area (Å²) in [7, 11) is -2.30. The Kier molecular flexibility index (Phi) is 21.5. The third-order valence-corrected chi connectivity index (χ3v) is 16.2. The van der Waals surface area contributed by atoms with Gasteiger partial charge in [-0.2, -0.15) is 0 Å². The number of hydrogen-bond donors (Lipinski definition) is 1. The van der Waals surface area contributed by atoms with Gasteiger partial charge in [-0.05, 0) is 46.8 Å². The molecule has 0 aliphatic carbocycles. The Morgan fingerprint density at radius 2 is 1.18 bits per heavy atom. The summed E-state index contributed by atoms with van der Waals surface area (Å²) >= 11 is 0. The molecule has 1 fully saturated rings. The van der Waals surface area contributed by atoms with Crippen molar-refractivity contribution in [3.63, 3.8) is 0 Å². The maximum atomic E-state index is 13.2. The van der Waals surface area contributed by atoms with Gasteiger partial charge in [0.1, 0.15) is 45.5 Å². The van der Waals surface area contributed by atoms with Gasteiger partial charge in [-0.25, -0.2) is 0 Å². The number of hydrogen-bond acceptors (Lipinski definition) is 11. The zero-order valence-corrected chi connectivity index (χ0v) is 40.2. The summed E-state index contributed by atoms with van der Waals surface area (Å²) in [5.74, 6) is -0.274. The van der Waals surface area contributed by atoms with E-state index in [2.05, 4.69) is 45.8 Å². The molecule has 13 heteroatoms. The van der Waals surface area contributed by atoms with Crippen LogP contribution < -0.4 is 5.32 Å². The Hall–Kier alpha value is -4.09. The topological polar surface area (TPSA) is 121 Å². The molecule has 1 saturated heterocycles. The minimum atomic E-state index is -2.30. The second-order valence-electron chi connectivity index (χ2n) is 18.0. The van der Waals surface area contributed by atoms with Gasteiger partial charge in [-0.15, -0.1) is 6.58 Å². The highest BCUT2D eigenvalue weighted by molar-refractivity contribution is 6.74. The summed E-state index contributed by atoms with van der Waals surface area (Å²) in [5, 5.41) is 3.10. The third kappa shape index (κ3) is 17.6. The quantitative estimate of drug-likeness (QED) is 0.0243. The molecule has 12 nitrogen and oxygen atoms in total. The van der Waals surface area contributed by atoms with Crippen LogP contribution in [-0.4, -0.2) is 90.7 Å². The Balaban J connectivity index is 1.49. The van der Waals surface area contributed by atoms with Crippen LogP contribution in [0.4, 0.5) is 0 Å². The lowest BCUT2D eigenvalue weighted by Crippen LogP contribution is -2.68. The first-order valence-corrected chi connectivity index (χ1v) is 25.4. The molecule has 4 aromatic rings. The van der Waals surface area contributed by atoms with Gasteiger partial charge in [-0.3, -0.25) is 4.79 Å². The van der Waals surface area contributed by atoms with Crippen LogP contribution in [0.5, 0.6) is 0 Å². The molecule has 0 spiro atoms. The van der Waals surface area contributed by atoms with Gasteiger partial charge in [0.05, 0.1) is 57.4 Å². The maximum absolute atomic E-state index is 13.2. The molecule has 5 rings (SSSR count). The lowest BCUT2D eigenvalue weighted by molar-refractivity contribution is -0.275. The van der Waals surface area contributed by atoms with E-state index in [0.717, 1.165) is 22.3 Å². The summed E-state index contributed by atoms with van der Waals surface area (Å²) in [4.78, 5) is 13.2. The Morgan fingerprint density at radius 3 is 1.65 bits per heavy atom. The zero-order valence-electron chi connectivity index (χ0n) is 39.2. The van der Waals surface area contributed by atoms with Crippen LogP contribution in [0.2, 0.25) is 18.1 Å². The maximum Gasteiger partial charge on any atom is 0.217 e. The molecule has 1 aliphatic rings. The fraction of sp³-hybridized carbons (Fsp3) is 0.481. The van der Waals surface area contributed by atoms with Crippen LogP contribution in [-0.2, 0) is 78.3 Å². The van der Waals surface area contributed by atoms with Crippen LogP contribution in [0.15, 0.2) is 134 Å². The number of ether oxygens (including phenoxy) is 9. The highest BCUT2D eigenvalue weighted by Crippen LogP contribution is 2.41. The van der Waals surface area contributed by atoms with Gasteiger partial charge in [-0.1, -0.05) is 148 Å². The molecule has 0 bridgehead atoms. The van der Waals surface area contributed by atoms with E-state index in [4.69, 9.17) is 47.1 Å². The van der Waals surface area contributed by atoms with Gasteiger partial charge in [0.15, 0.2) is 8.32 Å². The third-order valence-electron chi connectivity index (χ3n) is 11.8. The number of rotatable bonds is 29. The van der Waals surface area contributed by atoms with Crippen LogP contribution in [0.1, 0.15) is 62.8 Å². The molecule has 1 N–H and O–H groups in total. The van der Waals surface area contributed by atoms with Crippen LogP contribution in [0.3, 0.4) is 0 Å². The van der Waals surface area contributed by atoms with E-state index >= 15 is 0 Å². The van der Waals surface area contributed by atoms with E-state index in [-0.39, 0.29) is 51.3 Å². The summed E-state index contributed by atoms with van der Waals surface area (Å²) in [6.45, 7) is 18.0. The van der Waals surface area contributed by atoms with Crippen LogP contribution >= 0.6 is 0 Å². The molecule has 4 aromatic carbocycles. The van der Waals surface area contributed by atoms with Crippen LogP contribution in [0.25, 0.3) is 0 Å². The fourth-order valence-electron chi connectivity index (χ4n) is 7.24. The van der Waals surface area contributed by atoms with Crippen molar-refractivity contribution in [2.75, 3.05) is 40.4 Å². The Bertz CT molecular complexity index is 1920. The molecular formula is C52H71NO11Si. The van der Waals surface area contributed by atoms with E-state index in [9.17, 15) is 4.79 Å². The number of carbonyl (C=O) groups is 1. The minimum absolute atomic E-state index is 0.0140. The first-order valence-electron chi connectivity index (χ1n) is 22.5. The van der Waals surface area contributed by atoms with E-state index in [1.165, 1.54) is 6.92 Å². The van der Waals surface area contributed by atoms with Crippen molar-refractivity contribution in [3.8, 4) is 0 Å². The molecular weight excluding hydrogens is 843 g/mol. The molecule has 0 unspecified atom stereocenters. The predicted molar refractivity (Wildman–Crippen MR) is 253 cm³/mol. The van der Waals surface area contributed by atoms with Gasteiger partial charge >= 0.3 is 0 Å². The second-order valence-corrected chi connectivity index (χ2v) is 22.8. The largest absolute Gasteiger partial charge is 0.414 e. The van der Waals surface area contributed by atoms with Crippen LogP contribution in [0, 0.1) is 0 Å². The smallest absolute Gasteiger partial charge is 0.217 e. The lowest BCUT2D eigenvalue weighted by atomic mass is 9.82. The average molecular weight is 914 g/mol. The lowest BCUT2D eigenvalue weighted by Gasteiger charge is -2.52. The van der Waals surface area contributed by atoms with Crippen molar-refractivity contribution in [1.29, 1.82) is 0 Å². The predicted octanol–water partition coefficient (Wildman–Crippen LogP) is 9.49. The molecule has 0 aromatic heterocycles. The molecule has 354 valence electrons. The molecule has 1 heterocycles. The number of benzene rings is 4. The van der Waals surface area contributed by atoms with Crippen molar-refractivity contribution in [2.45, 2.75) is 121 Å². The standard InChI is InChI=1S/C52H71NO11Si/c1-8-29-52(36-63-65(6,7)51(3,4)5)30-46(60-38-56-32-43-23-15-10-16-24-43)48(53-41(2)54)50(64-52)49(62-40-58-34-45-27-19-12-20-28-45)47(61-39-57-33-44-25-17-11-18-26-44)35-59-37-55-31-42-21-13-9-14-22-42/h8-28,46-50H,1,29-40H2,2-7H3,(H,53,54)/t46-,47+,48+,49+,50+,52-/m0/s1. The summed E-state index contributed by atoms with van der Waals surface area (Å²) in [5.41, 5.74) is 3.04. The monoisotopic (exact) mass is 913 g/mol. The molecule has 1 aliphatic heterocycles. The fourth-order valence-corrected chi connectivity index (χ4v) is 8.30. The van der Waals surface area contributed by atoms with E-state index in [1.807, 2.05) is 127 Å². The normalized spacial score (nSPS) is 19.9. The highest BCUT2D eigenvalue weighted by Gasteiger charge is 2.53. The van der Waals surface area contributed by atoms with Crippen molar-refractivity contribution >= 4 is 14.2 Å².